The predicted molar refractivity (Wildman–Crippen MR) is 112 cm³/mol. The number of rotatable bonds is 4. The second kappa shape index (κ2) is 7.66. The summed E-state index contributed by atoms with van der Waals surface area (Å²) >= 11 is 12.2. The van der Waals surface area contributed by atoms with E-state index in [-0.39, 0.29) is 0 Å². The van der Waals surface area contributed by atoms with Gasteiger partial charge in [0, 0.05) is 22.2 Å². The molecule has 0 aliphatic carbocycles. The quantitative estimate of drug-likeness (QED) is 0.396. The number of halogens is 2. The number of ether oxygens (including phenoxy) is 1. The molecule has 1 heterocycles. The normalized spacial score (nSPS) is 11.0. The Kier molecular flexibility index (Phi) is 5.07. The Morgan fingerprint density at radius 1 is 1.00 bits per heavy atom. The van der Waals surface area contributed by atoms with Gasteiger partial charge in [-0.05, 0) is 42.0 Å². The molecule has 0 N–H and O–H groups in total. The fourth-order valence-electron chi connectivity index (χ4n) is 3.21. The highest BCUT2D eigenvalue weighted by Gasteiger charge is 2.19. The number of carbonyl (C=O) groups excluding carboxylic acids is 1. The van der Waals surface area contributed by atoms with E-state index in [4.69, 9.17) is 32.9 Å². The lowest BCUT2D eigenvalue weighted by Crippen LogP contribution is -2.07. The average molecular weight is 411 g/mol. The molecule has 1 aromatic heterocycles. The van der Waals surface area contributed by atoms with E-state index < -0.39 is 5.97 Å². The molecule has 28 heavy (non-hydrogen) atoms. The number of imidazole rings is 1. The van der Waals surface area contributed by atoms with E-state index >= 15 is 0 Å². The maximum Gasteiger partial charge on any atom is 0.338 e. The van der Waals surface area contributed by atoms with E-state index in [2.05, 4.69) is 4.57 Å². The van der Waals surface area contributed by atoms with E-state index in [9.17, 15) is 4.79 Å². The second-order valence-corrected chi connectivity index (χ2v) is 7.19. The Bertz CT molecular complexity index is 1170. The van der Waals surface area contributed by atoms with Crippen molar-refractivity contribution >= 4 is 40.2 Å². The summed E-state index contributed by atoms with van der Waals surface area (Å²) in [7, 11) is 1.37. The maximum atomic E-state index is 12.3. The van der Waals surface area contributed by atoms with Crippen molar-refractivity contribution in [1.29, 1.82) is 0 Å². The van der Waals surface area contributed by atoms with Gasteiger partial charge >= 0.3 is 5.97 Å². The van der Waals surface area contributed by atoms with Crippen LogP contribution in [-0.2, 0) is 11.3 Å². The fraction of sp³-hybridized carbons (Fsp3) is 0.0909. The van der Waals surface area contributed by atoms with E-state index in [0.717, 1.165) is 16.6 Å². The molecule has 0 fully saturated rings. The van der Waals surface area contributed by atoms with Gasteiger partial charge in [-0.15, -0.1) is 0 Å². The number of carbonyl (C=O) groups is 1. The molecule has 140 valence electrons. The van der Waals surface area contributed by atoms with Crippen molar-refractivity contribution in [2.45, 2.75) is 6.54 Å². The molecule has 0 saturated carbocycles. The fourth-order valence-corrected chi connectivity index (χ4v) is 3.50. The summed E-state index contributed by atoms with van der Waals surface area (Å²) in [4.78, 5) is 17.1. The van der Waals surface area contributed by atoms with Gasteiger partial charge < -0.3 is 9.30 Å². The Balaban J connectivity index is 1.93. The Morgan fingerprint density at radius 3 is 2.46 bits per heavy atom. The Morgan fingerprint density at radius 2 is 1.71 bits per heavy atom. The number of esters is 1. The first-order valence-electron chi connectivity index (χ1n) is 8.65. The van der Waals surface area contributed by atoms with Crippen LogP contribution in [0.15, 0.2) is 66.7 Å². The van der Waals surface area contributed by atoms with Crippen molar-refractivity contribution in [1.82, 2.24) is 9.55 Å². The van der Waals surface area contributed by atoms with Crippen molar-refractivity contribution in [3.05, 3.63) is 87.9 Å². The molecule has 0 atom stereocenters. The highest BCUT2D eigenvalue weighted by Crippen LogP contribution is 2.30. The van der Waals surface area contributed by atoms with Gasteiger partial charge in [0.2, 0.25) is 0 Å². The summed E-state index contributed by atoms with van der Waals surface area (Å²) in [6, 6.07) is 20.5. The zero-order valence-corrected chi connectivity index (χ0v) is 16.5. The number of hydrogen-bond donors (Lipinski definition) is 0. The van der Waals surface area contributed by atoms with Crippen LogP contribution in [0.25, 0.3) is 22.4 Å². The third-order valence-corrected chi connectivity index (χ3v) is 5.02. The molecule has 0 aliphatic rings. The minimum absolute atomic E-state index is 0.404. The maximum absolute atomic E-state index is 12.3. The van der Waals surface area contributed by atoms with Crippen LogP contribution in [0.4, 0.5) is 0 Å². The van der Waals surface area contributed by atoms with Crippen LogP contribution in [0, 0.1) is 0 Å². The minimum Gasteiger partial charge on any atom is -0.465 e. The van der Waals surface area contributed by atoms with E-state index in [0.29, 0.717) is 33.5 Å². The van der Waals surface area contributed by atoms with Gasteiger partial charge in [0.05, 0.1) is 23.7 Å². The average Bonchev–Trinajstić information content (AvgIpc) is 3.06. The number of nitrogens with zero attached hydrogens (tertiary/aromatic N) is 2. The molecule has 0 aliphatic heterocycles. The number of aromatic nitrogens is 2. The Hall–Kier alpha value is -2.82. The molecule has 3 aromatic carbocycles. The van der Waals surface area contributed by atoms with Gasteiger partial charge in [-0.25, -0.2) is 9.78 Å². The smallest absolute Gasteiger partial charge is 0.338 e. The molecule has 0 spiro atoms. The van der Waals surface area contributed by atoms with Gasteiger partial charge in [-0.1, -0.05) is 53.5 Å². The summed E-state index contributed by atoms with van der Waals surface area (Å²) in [5.74, 6) is 0.270. The van der Waals surface area contributed by atoms with Gasteiger partial charge in [0.15, 0.2) is 0 Å². The number of hydrogen-bond acceptors (Lipinski definition) is 3. The molecule has 0 bridgehead atoms. The standard InChI is InChI=1S/C22H16Cl2N2O2/c1-28-22(27)18-5-3-2-4-17(18)21-25-19-12-16(24)10-11-20(19)26(21)13-14-6-8-15(23)9-7-14/h2-12H,13H2,1H3. The summed E-state index contributed by atoms with van der Waals surface area (Å²) in [6.07, 6.45) is 0. The van der Waals surface area contributed by atoms with Crippen LogP contribution in [0.2, 0.25) is 10.0 Å². The third kappa shape index (κ3) is 3.49. The van der Waals surface area contributed by atoms with Gasteiger partial charge in [0.1, 0.15) is 5.82 Å². The van der Waals surface area contributed by atoms with Crippen molar-refractivity contribution in [2.75, 3.05) is 7.11 Å². The van der Waals surface area contributed by atoms with Crippen LogP contribution in [0.3, 0.4) is 0 Å². The highest BCUT2D eigenvalue weighted by atomic mass is 35.5. The number of benzene rings is 3. The van der Waals surface area contributed by atoms with Crippen molar-refractivity contribution < 1.29 is 9.53 Å². The molecule has 0 saturated heterocycles. The lowest BCUT2D eigenvalue weighted by Gasteiger charge is -2.12. The first-order valence-corrected chi connectivity index (χ1v) is 9.40. The lowest BCUT2D eigenvalue weighted by molar-refractivity contribution is 0.0601. The van der Waals surface area contributed by atoms with Crippen LogP contribution in [0.5, 0.6) is 0 Å². The molecule has 0 unspecified atom stereocenters. The minimum atomic E-state index is -0.404. The predicted octanol–water partition coefficient (Wildman–Crippen LogP) is 5.85. The molecular weight excluding hydrogens is 395 g/mol. The van der Waals surface area contributed by atoms with Crippen LogP contribution in [0.1, 0.15) is 15.9 Å². The van der Waals surface area contributed by atoms with E-state index in [1.54, 1.807) is 12.1 Å². The zero-order chi connectivity index (χ0) is 19.7. The third-order valence-electron chi connectivity index (χ3n) is 4.54. The largest absolute Gasteiger partial charge is 0.465 e. The zero-order valence-electron chi connectivity index (χ0n) is 15.0. The van der Waals surface area contributed by atoms with Crippen molar-refractivity contribution in [3.8, 4) is 11.4 Å². The molecule has 0 radical (unpaired) electrons. The van der Waals surface area contributed by atoms with Crippen LogP contribution in [-0.4, -0.2) is 22.6 Å². The van der Waals surface area contributed by atoms with Crippen LogP contribution >= 0.6 is 23.2 Å². The molecule has 0 amide bonds. The summed E-state index contributed by atoms with van der Waals surface area (Å²) in [5, 5.41) is 1.29. The number of fused-ring (bicyclic) bond motifs is 1. The van der Waals surface area contributed by atoms with Crippen LogP contribution < -0.4 is 0 Å². The van der Waals surface area contributed by atoms with Crippen molar-refractivity contribution in [3.63, 3.8) is 0 Å². The van der Waals surface area contributed by atoms with Gasteiger partial charge in [-0.3, -0.25) is 0 Å². The highest BCUT2D eigenvalue weighted by molar-refractivity contribution is 6.31. The molecule has 4 aromatic rings. The first-order chi connectivity index (χ1) is 13.6. The van der Waals surface area contributed by atoms with Crippen molar-refractivity contribution in [2.24, 2.45) is 0 Å². The number of methoxy groups -OCH3 is 1. The summed E-state index contributed by atoms with van der Waals surface area (Å²) in [6.45, 7) is 0.570. The van der Waals surface area contributed by atoms with Gasteiger partial charge in [-0.2, -0.15) is 0 Å². The summed E-state index contributed by atoms with van der Waals surface area (Å²) < 4.78 is 7.02. The monoisotopic (exact) mass is 410 g/mol. The summed E-state index contributed by atoms with van der Waals surface area (Å²) in [5.41, 5.74) is 3.92. The topological polar surface area (TPSA) is 44.1 Å². The van der Waals surface area contributed by atoms with E-state index in [1.165, 1.54) is 7.11 Å². The molecule has 6 heteroatoms. The first kappa shape index (κ1) is 18.5. The molecular formula is C22H16Cl2N2O2. The Labute approximate surface area is 172 Å². The second-order valence-electron chi connectivity index (χ2n) is 6.32. The van der Waals surface area contributed by atoms with Gasteiger partial charge in [0.25, 0.3) is 0 Å². The SMILES string of the molecule is COC(=O)c1ccccc1-c1nc2cc(Cl)ccc2n1Cc1ccc(Cl)cc1. The lowest BCUT2D eigenvalue weighted by atomic mass is 10.1. The molecule has 4 nitrogen and oxygen atoms in total. The van der Waals surface area contributed by atoms with E-state index in [1.807, 2.05) is 54.6 Å². The molecule has 4 rings (SSSR count).